The van der Waals surface area contributed by atoms with Crippen LogP contribution in [0.15, 0.2) is 11.6 Å². The molecule has 5 heteroatoms. The average Bonchev–Trinajstić information content (AvgIpc) is 3.00. The highest BCUT2D eigenvalue weighted by Gasteiger charge is 2.26. The number of thiazole rings is 1. The second-order valence-electron chi connectivity index (χ2n) is 6.66. The molecule has 4 nitrogen and oxygen atoms in total. The maximum absolute atomic E-state index is 6.06. The third-order valence-corrected chi connectivity index (χ3v) is 5.40. The molecule has 3 unspecified atom stereocenters. The zero-order valence-electron chi connectivity index (χ0n) is 13.2. The lowest BCUT2D eigenvalue weighted by Crippen LogP contribution is -2.36. The van der Waals surface area contributed by atoms with Gasteiger partial charge in [0.1, 0.15) is 0 Å². The van der Waals surface area contributed by atoms with E-state index in [4.69, 9.17) is 10.7 Å². The largest absolute Gasteiger partial charge is 0.355 e. The van der Waals surface area contributed by atoms with Crippen LogP contribution in [0, 0.1) is 5.92 Å². The average molecular weight is 306 g/mol. The minimum Gasteiger partial charge on any atom is -0.355 e. The van der Waals surface area contributed by atoms with E-state index in [1.54, 1.807) is 11.3 Å². The lowest BCUT2D eigenvalue weighted by molar-refractivity contribution is 0.335. The van der Waals surface area contributed by atoms with Crippen molar-refractivity contribution in [3.05, 3.63) is 17.3 Å². The summed E-state index contributed by atoms with van der Waals surface area (Å²) in [5.74, 6) is 1.96. The first kappa shape index (κ1) is 14.9. The minimum atomic E-state index is 0.155. The summed E-state index contributed by atoms with van der Waals surface area (Å²) in [7, 11) is 2.21. The molecule has 3 atom stereocenters. The Labute approximate surface area is 131 Å². The third kappa shape index (κ3) is 2.94. The Morgan fingerprint density at radius 1 is 1.52 bits per heavy atom. The van der Waals surface area contributed by atoms with Crippen LogP contribution in [0.25, 0.3) is 4.96 Å². The van der Waals surface area contributed by atoms with Crippen LogP contribution in [-0.4, -0.2) is 28.5 Å². The van der Waals surface area contributed by atoms with Crippen molar-refractivity contribution in [2.75, 3.05) is 11.9 Å². The number of rotatable bonds is 4. The van der Waals surface area contributed by atoms with E-state index >= 15 is 0 Å². The van der Waals surface area contributed by atoms with Crippen LogP contribution in [0.5, 0.6) is 0 Å². The van der Waals surface area contributed by atoms with Gasteiger partial charge in [-0.05, 0) is 25.7 Å². The number of fused-ring (bicyclic) bond motifs is 1. The molecule has 0 spiro atoms. The topological polar surface area (TPSA) is 46.6 Å². The van der Waals surface area contributed by atoms with E-state index in [-0.39, 0.29) is 6.04 Å². The fourth-order valence-corrected chi connectivity index (χ4v) is 4.25. The monoisotopic (exact) mass is 306 g/mol. The van der Waals surface area contributed by atoms with Gasteiger partial charge < -0.3 is 10.6 Å². The molecule has 0 radical (unpaired) electrons. The van der Waals surface area contributed by atoms with Crippen molar-refractivity contribution in [3.8, 4) is 0 Å². The molecule has 2 N–H and O–H groups in total. The molecule has 1 saturated carbocycles. The lowest BCUT2D eigenvalue weighted by atomic mass is 9.86. The summed E-state index contributed by atoms with van der Waals surface area (Å²) in [6.45, 7) is 4.44. The lowest BCUT2D eigenvalue weighted by Gasteiger charge is -2.35. The van der Waals surface area contributed by atoms with E-state index in [9.17, 15) is 0 Å². The van der Waals surface area contributed by atoms with Gasteiger partial charge in [-0.3, -0.25) is 4.40 Å². The number of imidazole rings is 1. The van der Waals surface area contributed by atoms with Gasteiger partial charge in [0.2, 0.25) is 0 Å². The van der Waals surface area contributed by atoms with Gasteiger partial charge in [0.05, 0.1) is 5.69 Å². The van der Waals surface area contributed by atoms with Crippen molar-refractivity contribution >= 4 is 22.1 Å². The highest BCUT2D eigenvalue weighted by Crippen LogP contribution is 2.32. The van der Waals surface area contributed by atoms with Crippen molar-refractivity contribution in [2.45, 2.75) is 58.0 Å². The molecule has 0 amide bonds. The molecule has 3 rings (SSSR count). The minimum absolute atomic E-state index is 0.155. The standard InChI is InChI=1S/C16H26N4S/c1-11-5-4-6-13(9-11)19(3)15-14(10-12(2)17)20-7-8-21-16(20)18-15/h7-8,11-13H,4-6,9-10,17H2,1-3H3. The molecule has 1 fully saturated rings. The normalized spacial score (nSPS) is 24.4. The van der Waals surface area contributed by atoms with Gasteiger partial charge in [0.15, 0.2) is 10.8 Å². The van der Waals surface area contributed by atoms with Crippen molar-refractivity contribution in [1.82, 2.24) is 9.38 Å². The molecule has 2 heterocycles. The predicted octanol–water partition coefficient (Wildman–Crippen LogP) is 3.30. The Morgan fingerprint density at radius 2 is 2.33 bits per heavy atom. The van der Waals surface area contributed by atoms with Gasteiger partial charge in [-0.25, -0.2) is 4.98 Å². The summed E-state index contributed by atoms with van der Waals surface area (Å²) in [6.07, 6.45) is 8.25. The van der Waals surface area contributed by atoms with Crippen molar-refractivity contribution in [3.63, 3.8) is 0 Å². The number of hydrogen-bond donors (Lipinski definition) is 1. The highest BCUT2D eigenvalue weighted by atomic mass is 32.1. The maximum atomic E-state index is 6.06. The van der Waals surface area contributed by atoms with Crippen LogP contribution in [0.4, 0.5) is 5.82 Å². The predicted molar refractivity (Wildman–Crippen MR) is 90.2 cm³/mol. The molecular weight excluding hydrogens is 280 g/mol. The molecular formula is C16H26N4S. The van der Waals surface area contributed by atoms with Crippen LogP contribution in [0.2, 0.25) is 0 Å². The summed E-state index contributed by atoms with van der Waals surface area (Å²) >= 11 is 1.70. The zero-order valence-corrected chi connectivity index (χ0v) is 14.1. The number of hydrogen-bond acceptors (Lipinski definition) is 4. The Morgan fingerprint density at radius 3 is 3.05 bits per heavy atom. The van der Waals surface area contributed by atoms with E-state index in [2.05, 4.69) is 41.8 Å². The summed E-state index contributed by atoms with van der Waals surface area (Å²) < 4.78 is 2.21. The van der Waals surface area contributed by atoms with Crippen LogP contribution in [0.3, 0.4) is 0 Å². The zero-order chi connectivity index (χ0) is 15.0. The fourth-order valence-electron chi connectivity index (χ4n) is 3.53. The summed E-state index contributed by atoms with van der Waals surface area (Å²) in [6, 6.07) is 0.771. The van der Waals surface area contributed by atoms with Gasteiger partial charge in [-0.2, -0.15) is 0 Å². The SMILES string of the molecule is CC(N)Cc1c(N(C)C2CCCC(C)C2)nc2sccn12. The summed E-state index contributed by atoms with van der Waals surface area (Å²) in [4.78, 5) is 8.37. The van der Waals surface area contributed by atoms with Crippen molar-refractivity contribution < 1.29 is 0 Å². The summed E-state index contributed by atoms with van der Waals surface area (Å²) in [5.41, 5.74) is 7.32. The van der Waals surface area contributed by atoms with E-state index < -0.39 is 0 Å². The number of anilines is 1. The van der Waals surface area contributed by atoms with Gasteiger partial charge in [-0.15, -0.1) is 11.3 Å². The van der Waals surface area contributed by atoms with Crippen LogP contribution < -0.4 is 10.6 Å². The second kappa shape index (κ2) is 5.97. The second-order valence-corrected chi connectivity index (χ2v) is 7.53. The number of nitrogens with two attached hydrogens (primary N) is 1. The molecule has 0 aliphatic heterocycles. The van der Waals surface area contributed by atoms with E-state index in [0.717, 1.165) is 23.1 Å². The highest BCUT2D eigenvalue weighted by molar-refractivity contribution is 7.15. The van der Waals surface area contributed by atoms with E-state index in [1.165, 1.54) is 31.4 Å². The van der Waals surface area contributed by atoms with Crippen LogP contribution in [-0.2, 0) is 6.42 Å². The molecule has 0 bridgehead atoms. The Bertz CT molecular complexity index is 600. The summed E-state index contributed by atoms with van der Waals surface area (Å²) in [5, 5.41) is 2.10. The molecule has 2 aromatic rings. The molecule has 0 saturated heterocycles. The van der Waals surface area contributed by atoms with Crippen LogP contribution >= 0.6 is 11.3 Å². The van der Waals surface area contributed by atoms with Crippen molar-refractivity contribution in [2.24, 2.45) is 11.7 Å². The molecule has 0 aromatic carbocycles. The first-order chi connectivity index (χ1) is 10.1. The first-order valence-corrected chi connectivity index (χ1v) is 8.87. The Kier molecular flexibility index (Phi) is 4.22. The van der Waals surface area contributed by atoms with Gasteiger partial charge in [-0.1, -0.05) is 19.8 Å². The van der Waals surface area contributed by atoms with Gasteiger partial charge >= 0.3 is 0 Å². The molecule has 1 aliphatic rings. The van der Waals surface area contributed by atoms with Gasteiger partial charge in [0, 0.05) is 37.1 Å². The molecule has 116 valence electrons. The third-order valence-electron chi connectivity index (χ3n) is 4.65. The maximum Gasteiger partial charge on any atom is 0.195 e. The van der Waals surface area contributed by atoms with E-state index in [0.29, 0.717) is 6.04 Å². The molecule has 2 aromatic heterocycles. The number of aromatic nitrogens is 2. The van der Waals surface area contributed by atoms with Crippen LogP contribution in [0.1, 0.15) is 45.2 Å². The quantitative estimate of drug-likeness (QED) is 0.942. The Balaban J connectivity index is 1.92. The first-order valence-electron chi connectivity index (χ1n) is 7.99. The number of nitrogens with zero attached hydrogens (tertiary/aromatic N) is 3. The fraction of sp³-hybridized carbons (Fsp3) is 0.688. The van der Waals surface area contributed by atoms with E-state index in [1.807, 2.05) is 0 Å². The smallest absolute Gasteiger partial charge is 0.195 e. The van der Waals surface area contributed by atoms with Crippen molar-refractivity contribution in [1.29, 1.82) is 0 Å². The molecule has 1 aliphatic carbocycles. The van der Waals surface area contributed by atoms with Gasteiger partial charge in [0.25, 0.3) is 0 Å². The molecule has 21 heavy (non-hydrogen) atoms. The Hall–Kier alpha value is -1.07.